The average molecular weight is 289 g/mol. The first-order valence-corrected chi connectivity index (χ1v) is 6.84. The van der Waals surface area contributed by atoms with Crippen molar-refractivity contribution in [3.05, 3.63) is 29.8 Å². The Labute approximate surface area is 124 Å². The minimum atomic E-state index is -0.669. The zero-order valence-corrected chi connectivity index (χ0v) is 11.9. The van der Waals surface area contributed by atoms with E-state index in [0.717, 1.165) is 5.56 Å². The van der Waals surface area contributed by atoms with Gasteiger partial charge in [0.15, 0.2) is 0 Å². The van der Waals surface area contributed by atoms with Gasteiger partial charge in [-0.2, -0.15) is 0 Å². The Morgan fingerprint density at radius 3 is 2.81 bits per heavy atom. The molecule has 21 heavy (non-hydrogen) atoms. The molecule has 3 atom stereocenters. The Morgan fingerprint density at radius 2 is 2.19 bits per heavy atom. The number of aliphatic hydroxyl groups is 1. The molecule has 0 amide bonds. The molecule has 1 aromatic rings. The van der Waals surface area contributed by atoms with Crippen molar-refractivity contribution >= 4 is 5.97 Å². The second-order valence-corrected chi connectivity index (χ2v) is 5.00. The van der Waals surface area contributed by atoms with Gasteiger partial charge in [-0.15, -0.1) is 6.42 Å². The van der Waals surface area contributed by atoms with E-state index < -0.39 is 12.2 Å². The van der Waals surface area contributed by atoms with Crippen LogP contribution in [-0.2, 0) is 16.0 Å². The van der Waals surface area contributed by atoms with Gasteiger partial charge in [0, 0.05) is 13.5 Å². The number of hydrogen-bond donors (Lipinski definition) is 2. The van der Waals surface area contributed by atoms with Crippen molar-refractivity contribution in [1.82, 2.24) is 5.32 Å². The van der Waals surface area contributed by atoms with Crippen molar-refractivity contribution < 1.29 is 19.4 Å². The predicted molar refractivity (Wildman–Crippen MR) is 77.8 cm³/mol. The molecule has 2 rings (SSSR count). The van der Waals surface area contributed by atoms with Crippen LogP contribution in [0.1, 0.15) is 12.5 Å². The number of benzene rings is 1. The highest BCUT2D eigenvalue weighted by Gasteiger charge is 2.37. The van der Waals surface area contributed by atoms with Crippen molar-refractivity contribution in [2.45, 2.75) is 31.6 Å². The van der Waals surface area contributed by atoms with Gasteiger partial charge in [-0.3, -0.25) is 4.79 Å². The van der Waals surface area contributed by atoms with Gasteiger partial charge in [0.05, 0.1) is 6.04 Å². The molecule has 1 aliphatic heterocycles. The highest BCUT2D eigenvalue weighted by molar-refractivity contribution is 5.66. The van der Waals surface area contributed by atoms with Gasteiger partial charge in [-0.05, 0) is 24.1 Å². The van der Waals surface area contributed by atoms with Crippen LogP contribution in [0.5, 0.6) is 5.75 Å². The van der Waals surface area contributed by atoms with Crippen LogP contribution in [0.4, 0.5) is 0 Å². The third-order valence-electron chi connectivity index (χ3n) is 3.37. The minimum absolute atomic E-state index is 0.0959. The molecule has 1 heterocycles. The second-order valence-electron chi connectivity index (χ2n) is 5.00. The third kappa shape index (κ3) is 4.22. The summed E-state index contributed by atoms with van der Waals surface area (Å²) in [6.07, 6.45) is 4.61. The maximum atomic E-state index is 11.1. The Bertz CT molecular complexity index is 520. The molecule has 1 aliphatic rings. The van der Waals surface area contributed by atoms with Crippen LogP contribution in [0.25, 0.3) is 0 Å². The van der Waals surface area contributed by atoms with Crippen molar-refractivity contribution in [3.8, 4) is 18.1 Å². The first-order chi connectivity index (χ1) is 10.1. The summed E-state index contributed by atoms with van der Waals surface area (Å²) in [5.74, 6) is 2.74. The number of rotatable bonds is 5. The fraction of sp³-hybridized carbons (Fsp3) is 0.438. The van der Waals surface area contributed by atoms with E-state index >= 15 is 0 Å². The fourth-order valence-electron chi connectivity index (χ4n) is 2.41. The lowest BCUT2D eigenvalue weighted by Gasteiger charge is -2.21. The smallest absolute Gasteiger partial charge is 0.303 e. The Balaban J connectivity index is 1.97. The lowest BCUT2D eigenvalue weighted by atomic mass is 10.0. The average Bonchev–Trinajstić information content (AvgIpc) is 2.79. The summed E-state index contributed by atoms with van der Waals surface area (Å²) in [5, 5.41) is 13.0. The maximum Gasteiger partial charge on any atom is 0.303 e. The number of carbonyl (C=O) groups excluding carboxylic acids is 1. The highest BCUT2D eigenvalue weighted by Crippen LogP contribution is 2.19. The summed E-state index contributed by atoms with van der Waals surface area (Å²) in [4.78, 5) is 11.1. The van der Waals surface area contributed by atoms with Crippen LogP contribution in [0.2, 0.25) is 0 Å². The molecular formula is C16H19NO4. The molecule has 0 unspecified atom stereocenters. The number of nitrogens with one attached hydrogen (secondary N) is 1. The minimum Gasteiger partial charge on any atom is -0.481 e. The molecular weight excluding hydrogens is 270 g/mol. The summed E-state index contributed by atoms with van der Waals surface area (Å²) in [6.45, 7) is 2.01. The molecule has 2 N–H and O–H groups in total. The molecule has 1 aromatic carbocycles. The molecule has 112 valence electrons. The SMILES string of the molecule is C#CCOc1ccc(C[C@H]2NC[C@H](O)[C@H]2OC(C)=O)cc1. The van der Waals surface area contributed by atoms with Crippen LogP contribution >= 0.6 is 0 Å². The standard InChI is InChI=1S/C16H19NO4/c1-3-8-20-13-6-4-12(5-7-13)9-14-16(21-11(2)18)15(19)10-17-14/h1,4-7,14-17,19H,8-10H2,2H3/t14-,15+,16+/m1/s1. The van der Waals surface area contributed by atoms with Crippen molar-refractivity contribution in [3.63, 3.8) is 0 Å². The van der Waals surface area contributed by atoms with E-state index in [-0.39, 0.29) is 18.6 Å². The Morgan fingerprint density at radius 1 is 1.48 bits per heavy atom. The van der Waals surface area contributed by atoms with Crippen LogP contribution in [0, 0.1) is 12.3 Å². The normalized spacial score (nSPS) is 24.3. The molecule has 0 bridgehead atoms. The number of hydrogen-bond acceptors (Lipinski definition) is 5. The third-order valence-corrected chi connectivity index (χ3v) is 3.37. The largest absolute Gasteiger partial charge is 0.481 e. The van der Waals surface area contributed by atoms with Gasteiger partial charge >= 0.3 is 5.97 Å². The van der Waals surface area contributed by atoms with Gasteiger partial charge in [0.25, 0.3) is 0 Å². The molecule has 0 aromatic heterocycles. The van der Waals surface area contributed by atoms with Crippen molar-refractivity contribution in [2.24, 2.45) is 0 Å². The van der Waals surface area contributed by atoms with Crippen molar-refractivity contribution in [2.75, 3.05) is 13.2 Å². The van der Waals surface area contributed by atoms with E-state index in [1.165, 1.54) is 6.92 Å². The molecule has 0 saturated carbocycles. The van der Waals surface area contributed by atoms with Crippen LogP contribution < -0.4 is 10.1 Å². The second kappa shape index (κ2) is 7.11. The van der Waals surface area contributed by atoms with E-state index in [2.05, 4.69) is 11.2 Å². The summed E-state index contributed by atoms with van der Waals surface area (Å²) < 4.78 is 10.5. The predicted octanol–water partition coefficient (Wildman–Crippen LogP) is 0.505. The number of ether oxygens (including phenoxy) is 2. The number of terminal acetylenes is 1. The van der Waals surface area contributed by atoms with Crippen molar-refractivity contribution in [1.29, 1.82) is 0 Å². The van der Waals surface area contributed by atoms with E-state index in [1.54, 1.807) is 0 Å². The summed E-state index contributed by atoms with van der Waals surface area (Å²) in [6, 6.07) is 7.46. The van der Waals surface area contributed by atoms with E-state index in [1.807, 2.05) is 24.3 Å². The molecule has 5 nitrogen and oxygen atoms in total. The maximum absolute atomic E-state index is 11.1. The summed E-state index contributed by atoms with van der Waals surface area (Å²) >= 11 is 0. The lowest BCUT2D eigenvalue weighted by Crippen LogP contribution is -2.38. The highest BCUT2D eigenvalue weighted by atomic mass is 16.6. The van der Waals surface area contributed by atoms with Crippen LogP contribution in [0.3, 0.4) is 0 Å². The van der Waals surface area contributed by atoms with Gasteiger partial charge < -0.3 is 19.9 Å². The van der Waals surface area contributed by atoms with E-state index in [9.17, 15) is 9.90 Å². The molecule has 0 radical (unpaired) electrons. The molecule has 0 spiro atoms. The van der Waals surface area contributed by atoms with E-state index in [4.69, 9.17) is 15.9 Å². The van der Waals surface area contributed by atoms with Crippen LogP contribution in [-0.4, -0.2) is 42.5 Å². The Kier molecular flexibility index (Phi) is 5.20. The molecule has 5 heteroatoms. The van der Waals surface area contributed by atoms with Crippen LogP contribution in [0.15, 0.2) is 24.3 Å². The van der Waals surface area contributed by atoms with E-state index in [0.29, 0.717) is 18.7 Å². The quantitative estimate of drug-likeness (QED) is 0.610. The first-order valence-electron chi connectivity index (χ1n) is 6.84. The molecule has 0 aliphatic carbocycles. The number of esters is 1. The summed E-state index contributed by atoms with van der Waals surface area (Å²) in [5.41, 5.74) is 1.06. The zero-order valence-electron chi connectivity index (χ0n) is 11.9. The molecule has 1 fully saturated rings. The summed E-state index contributed by atoms with van der Waals surface area (Å²) in [7, 11) is 0. The number of β-amino-alcohol motifs (C(OH)–C–C–N with tert-alkyl or cyclic N) is 1. The first kappa shape index (κ1) is 15.4. The van der Waals surface area contributed by atoms with Gasteiger partial charge in [-0.1, -0.05) is 18.1 Å². The van der Waals surface area contributed by atoms with Gasteiger partial charge in [-0.25, -0.2) is 0 Å². The lowest BCUT2D eigenvalue weighted by molar-refractivity contribution is -0.151. The van der Waals surface area contributed by atoms with Gasteiger partial charge in [0.1, 0.15) is 24.6 Å². The monoisotopic (exact) mass is 289 g/mol. The number of aliphatic hydroxyl groups excluding tert-OH is 1. The zero-order chi connectivity index (χ0) is 15.2. The number of carbonyl (C=O) groups is 1. The Hall–Kier alpha value is -2.03. The fourth-order valence-corrected chi connectivity index (χ4v) is 2.41. The molecule has 1 saturated heterocycles. The van der Waals surface area contributed by atoms with Gasteiger partial charge in [0.2, 0.25) is 0 Å². The topological polar surface area (TPSA) is 67.8 Å².